The van der Waals surface area contributed by atoms with Gasteiger partial charge in [-0.1, -0.05) is 0 Å². The number of carbonyl (C=O) groups excluding carboxylic acids is 1. The molecule has 1 heterocycles. The Morgan fingerprint density at radius 3 is 2.45 bits per heavy atom. The average Bonchev–Trinajstić information content (AvgIpc) is 2.34. The third kappa shape index (κ3) is 3.91. The molecule has 0 bridgehead atoms. The Labute approximate surface area is 136 Å². The molecule has 5 heteroatoms. The maximum absolute atomic E-state index is 13.2. The highest BCUT2D eigenvalue weighted by Gasteiger charge is 2.30. The zero-order chi connectivity index (χ0) is 14.0. The number of anilines is 1. The van der Waals surface area contributed by atoms with Crippen molar-refractivity contribution < 1.29 is 38.1 Å². The quantitative estimate of drug-likeness (QED) is 0.588. The Hall–Kier alpha value is -0.690. The lowest BCUT2D eigenvalue weighted by atomic mass is 10.0. The van der Waals surface area contributed by atoms with Gasteiger partial charge < -0.3 is 34.2 Å². The summed E-state index contributed by atoms with van der Waals surface area (Å²) in [5.41, 5.74) is 2.31. The van der Waals surface area contributed by atoms with Crippen LogP contribution in [0.4, 0.5) is 10.1 Å². The molecule has 112 valence electrons. The van der Waals surface area contributed by atoms with Gasteiger partial charge in [0.15, 0.2) is 6.04 Å². The minimum absolute atomic E-state index is 0. The summed E-state index contributed by atoms with van der Waals surface area (Å²) in [5.74, 6) is -0.205. The number of likely N-dealkylation sites (N-methyl/N-ethyl adjacent to an activating group) is 1. The second-order valence-electron chi connectivity index (χ2n) is 5.55. The molecule has 0 aromatic heterocycles. The van der Waals surface area contributed by atoms with Gasteiger partial charge in [-0.3, -0.25) is 4.79 Å². The predicted molar refractivity (Wildman–Crippen MR) is 73.9 cm³/mol. The molecule has 2 rings (SSSR count). The molecule has 2 N–H and O–H groups in total. The molecule has 1 amide bonds. The van der Waals surface area contributed by atoms with E-state index in [9.17, 15) is 9.18 Å². The van der Waals surface area contributed by atoms with Crippen molar-refractivity contribution in [1.82, 2.24) is 0 Å². The number of quaternary nitrogens is 1. The number of benzene rings is 1. The van der Waals surface area contributed by atoms with Crippen LogP contribution in [0.3, 0.4) is 0 Å². The van der Waals surface area contributed by atoms with Crippen molar-refractivity contribution in [3.8, 4) is 0 Å². The van der Waals surface area contributed by atoms with Gasteiger partial charge in [0.2, 0.25) is 0 Å². The van der Waals surface area contributed by atoms with Crippen molar-refractivity contribution in [3.05, 3.63) is 29.1 Å². The topological polar surface area (TPSA) is 33.5 Å². The summed E-state index contributed by atoms with van der Waals surface area (Å²) in [4.78, 5) is 13.6. The van der Waals surface area contributed by atoms with E-state index < -0.39 is 0 Å². The zero-order valence-electron chi connectivity index (χ0n) is 12.2. The number of nitrogens with one attached hydrogen (secondary N) is 2. The zero-order valence-corrected chi connectivity index (χ0v) is 14.4. The summed E-state index contributed by atoms with van der Waals surface area (Å²) in [6.07, 6.45) is 3.22. The molecule has 0 aliphatic carbocycles. The molecule has 1 aliphatic heterocycles. The predicted octanol–water partition coefficient (Wildman–Crippen LogP) is -1.55. The maximum Gasteiger partial charge on any atom is 0.282 e. The number of halogens is 2. The van der Waals surface area contributed by atoms with Crippen molar-refractivity contribution in [1.29, 1.82) is 0 Å². The lowest BCUT2D eigenvalue weighted by Crippen LogP contribution is -3.15. The fourth-order valence-corrected chi connectivity index (χ4v) is 2.85. The van der Waals surface area contributed by atoms with E-state index in [4.69, 9.17) is 0 Å². The van der Waals surface area contributed by atoms with E-state index in [0.717, 1.165) is 36.2 Å². The van der Waals surface area contributed by atoms with Crippen LogP contribution in [0.1, 0.15) is 30.4 Å². The van der Waals surface area contributed by atoms with E-state index in [1.807, 2.05) is 13.8 Å². The van der Waals surface area contributed by atoms with Crippen LogP contribution in [-0.4, -0.2) is 25.5 Å². The number of hydrogen-bond donors (Lipinski definition) is 2. The van der Waals surface area contributed by atoms with Gasteiger partial charge in [0, 0.05) is 12.1 Å². The second kappa shape index (κ2) is 7.36. The van der Waals surface area contributed by atoms with Crippen LogP contribution in [0.2, 0.25) is 0 Å². The van der Waals surface area contributed by atoms with Gasteiger partial charge in [0.05, 0.1) is 13.6 Å². The summed E-state index contributed by atoms with van der Waals surface area (Å²) < 4.78 is 13.2. The minimum Gasteiger partial charge on any atom is -1.00 e. The van der Waals surface area contributed by atoms with Crippen molar-refractivity contribution in [3.63, 3.8) is 0 Å². The Morgan fingerprint density at radius 2 is 1.90 bits per heavy atom. The largest absolute Gasteiger partial charge is 1.00 e. The van der Waals surface area contributed by atoms with Crippen LogP contribution in [0.25, 0.3) is 0 Å². The number of piperidine rings is 1. The van der Waals surface area contributed by atoms with Crippen LogP contribution < -0.4 is 34.2 Å². The molecular formula is C15H22FIN2O. The first-order valence-corrected chi connectivity index (χ1v) is 6.89. The monoisotopic (exact) mass is 392 g/mol. The van der Waals surface area contributed by atoms with E-state index in [1.54, 1.807) is 0 Å². The number of likely N-dealkylation sites (tertiary alicyclic amines) is 1. The van der Waals surface area contributed by atoms with Crippen LogP contribution in [0.5, 0.6) is 0 Å². The van der Waals surface area contributed by atoms with Crippen molar-refractivity contribution in [2.45, 2.75) is 39.2 Å². The van der Waals surface area contributed by atoms with E-state index in [2.05, 4.69) is 12.4 Å². The first-order chi connectivity index (χ1) is 8.99. The first kappa shape index (κ1) is 17.4. The number of rotatable bonds is 2. The van der Waals surface area contributed by atoms with Crippen LogP contribution >= 0.6 is 0 Å². The molecule has 1 fully saturated rings. The summed E-state index contributed by atoms with van der Waals surface area (Å²) in [7, 11) is 2.06. The van der Waals surface area contributed by atoms with Crippen LogP contribution in [0.15, 0.2) is 12.1 Å². The molecule has 2 atom stereocenters. The normalized spacial score (nSPS) is 22.0. The average molecular weight is 392 g/mol. The highest BCUT2D eigenvalue weighted by atomic mass is 127. The molecule has 2 unspecified atom stereocenters. The van der Waals surface area contributed by atoms with Gasteiger partial charge >= 0.3 is 0 Å². The number of carbonyl (C=O) groups is 1. The second-order valence-corrected chi connectivity index (χ2v) is 5.55. The Balaban J connectivity index is 0.00000200. The van der Waals surface area contributed by atoms with Crippen molar-refractivity contribution >= 4 is 11.6 Å². The number of amides is 1. The standard InChI is InChI=1S/C15H21FN2O.HI/c1-10-8-12(16)9-11(2)14(10)17-15(19)13-6-4-5-7-18(13)3;/h8-9,13H,4-7H2,1-3H3,(H,17,19);1H. The highest BCUT2D eigenvalue weighted by Crippen LogP contribution is 2.22. The third-order valence-electron chi connectivity index (χ3n) is 3.97. The SMILES string of the molecule is Cc1cc(F)cc(C)c1NC(=O)C1CCCC[NH+]1C.[I-]. The molecule has 1 aromatic carbocycles. The fraction of sp³-hybridized carbons (Fsp3) is 0.533. The van der Waals surface area contributed by atoms with Crippen LogP contribution in [-0.2, 0) is 4.79 Å². The smallest absolute Gasteiger partial charge is 0.282 e. The Kier molecular flexibility index (Phi) is 6.39. The van der Waals surface area contributed by atoms with E-state index in [0.29, 0.717) is 0 Å². The van der Waals surface area contributed by atoms with E-state index in [-0.39, 0.29) is 41.7 Å². The van der Waals surface area contributed by atoms with Gasteiger partial charge in [0.25, 0.3) is 5.91 Å². The number of hydrogen-bond acceptors (Lipinski definition) is 1. The molecule has 1 aromatic rings. The van der Waals surface area contributed by atoms with Crippen molar-refractivity contribution in [2.24, 2.45) is 0 Å². The van der Waals surface area contributed by atoms with Gasteiger partial charge in [-0.2, -0.15) is 0 Å². The minimum atomic E-state index is -0.256. The first-order valence-electron chi connectivity index (χ1n) is 6.89. The van der Waals surface area contributed by atoms with Crippen molar-refractivity contribution in [2.75, 3.05) is 18.9 Å². The van der Waals surface area contributed by atoms with Gasteiger partial charge in [0.1, 0.15) is 5.82 Å². The number of aryl methyl sites for hydroxylation is 2. The van der Waals surface area contributed by atoms with Gasteiger partial charge in [-0.05, 0) is 49.9 Å². The molecule has 20 heavy (non-hydrogen) atoms. The molecular weight excluding hydrogens is 370 g/mol. The summed E-state index contributed by atoms with van der Waals surface area (Å²) in [6.45, 7) is 4.69. The summed E-state index contributed by atoms with van der Waals surface area (Å²) in [6, 6.07) is 2.93. The van der Waals surface area contributed by atoms with E-state index in [1.165, 1.54) is 23.5 Å². The fourth-order valence-electron chi connectivity index (χ4n) is 2.85. The van der Waals surface area contributed by atoms with Gasteiger partial charge in [-0.15, -0.1) is 0 Å². The molecule has 0 spiro atoms. The van der Waals surface area contributed by atoms with Gasteiger partial charge in [-0.25, -0.2) is 4.39 Å². The highest BCUT2D eigenvalue weighted by molar-refractivity contribution is 5.95. The third-order valence-corrected chi connectivity index (χ3v) is 3.97. The lowest BCUT2D eigenvalue weighted by Gasteiger charge is -2.28. The molecule has 0 saturated carbocycles. The molecule has 1 saturated heterocycles. The Morgan fingerprint density at radius 1 is 1.30 bits per heavy atom. The summed E-state index contributed by atoms with van der Waals surface area (Å²) in [5, 5.41) is 2.98. The summed E-state index contributed by atoms with van der Waals surface area (Å²) >= 11 is 0. The van der Waals surface area contributed by atoms with Crippen LogP contribution in [0, 0.1) is 19.7 Å². The maximum atomic E-state index is 13.2. The molecule has 1 aliphatic rings. The lowest BCUT2D eigenvalue weighted by molar-refractivity contribution is -0.901. The molecule has 0 radical (unpaired) electrons. The Bertz CT molecular complexity index is 470. The molecule has 3 nitrogen and oxygen atoms in total. The van der Waals surface area contributed by atoms with E-state index >= 15 is 0 Å².